The van der Waals surface area contributed by atoms with Crippen LogP contribution in [0.25, 0.3) is 5.65 Å². The molecule has 3 heterocycles. The standard InChI is InChI=1S/C17H17F3N6O/c1-16(2)10-25(14-15-22-23-24-26(15)7-6-21-14)9-13(27-16)11-4-3-5-12(8-11)17(18,19)20/h3-8,13H,9-10H2,1-2H3. The number of morpholine rings is 1. The molecule has 2 aromatic heterocycles. The lowest BCUT2D eigenvalue weighted by Crippen LogP contribution is -2.50. The van der Waals surface area contributed by atoms with Crippen molar-refractivity contribution in [2.75, 3.05) is 18.0 Å². The van der Waals surface area contributed by atoms with Gasteiger partial charge in [0.2, 0.25) is 5.65 Å². The lowest BCUT2D eigenvalue weighted by molar-refractivity contribution is -0.137. The summed E-state index contributed by atoms with van der Waals surface area (Å²) in [5.41, 5.74) is -0.341. The second-order valence-corrected chi connectivity index (χ2v) is 7.07. The summed E-state index contributed by atoms with van der Waals surface area (Å²) >= 11 is 0. The molecule has 0 N–H and O–H groups in total. The van der Waals surface area contributed by atoms with Gasteiger partial charge in [-0.3, -0.25) is 0 Å². The van der Waals surface area contributed by atoms with Crippen molar-refractivity contribution >= 4 is 11.5 Å². The molecule has 1 aliphatic heterocycles. The fourth-order valence-electron chi connectivity index (χ4n) is 3.32. The van der Waals surface area contributed by atoms with Gasteiger partial charge in [-0.05, 0) is 42.0 Å². The summed E-state index contributed by atoms with van der Waals surface area (Å²) in [6.07, 6.45) is -1.73. The van der Waals surface area contributed by atoms with E-state index in [0.29, 0.717) is 30.1 Å². The number of nitrogens with zero attached hydrogens (tertiary/aromatic N) is 6. The number of alkyl halides is 3. The molecule has 0 amide bonds. The van der Waals surface area contributed by atoms with Crippen molar-refractivity contribution in [2.45, 2.75) is 31.7 Å². The maximum atomic E-state index is 13.1. The lowest BCUT2D eigenvalue weighted by atomic mass is 9.99. The van der Waals surface area contributed by atoms with Crippen molar-refractivity contribution in [2.24, 2.45) is 0 Å². The number of hydrogen-bond acceptors (Lipinski definition) is 6. The van der Waals surface area contributed by atoms with Gasteiger partial charge >= 0.3 is 6.18 Å². The Balaban J connectivity index is 1.70. The van der Waals surface area contributed by atoms with E-state index in [1.807, 2.05) is 18.7 Å². The summed E-state index contributed by atoms with van der Waals surface area (Å²) in [5, 5.41) is 11.5. The van der Waals surface area contributed by atoms with E-state index in [4.69, 9.17) is 4.74 Å². The summed E-state index contributed by atoms with van der Waals surface area (Å²) in [7, 11) is 0. The number of ether oxygens (including phenoxy) is 1. The van der Waals surface area contributed by atoms with Gasteiger partial charge in [-0.25, -0.2) is 4.98 Å². The molecule has 1 atom stereocenters. The molecule has 142 valence electrons. The summed E-state index contributed by atoms with van der Waals surface area (Å²) in [4.78, 5) is 6.32. The Morgan fingerprint density at radius 2 is 2.07 bits per heavy atom. The number of rotatable bonds is 2. The third-order valence-corrected chi connectivity index (χ3v) is 4.40. The van der Waals surface area contributed by atoms with Crippen LogP contribution in [0.2, 0.25) is 0 Å². The molecule has 3 aromatic rings. The number of halogens is 3. The van der Waals surface area contributed by atoms with Crippen molar-refractivity contribution in [1.29, 1.82) is 0 Å². The van der Waals surface area contributed by atoms with Gasteiger partial charge in [-0.1, -0.05) is 12.1 Å². The molecule has 4 rings (SSSR count). The van der Waals surface area contributed by atoms with E-state index < -0.39 is 23.4 Å². The van der Waals surface area contributed by atoms with E-state index in [0.717, 1.165) is 12.1 Å². The Bertz CT molecular complexity index is 970. The number of benzene rings is 1. The van der Waals surface area contributed by atoms with Crippen molar-refractivity contribution in [3.63, 3.8) is 0 Å². The zero-order valence-corrected chi connectivity index (χ0v) is 14.7. The summed E-state index contributed by atoms with van der Waals surface area (Å²) < 4.78 is 46.8. The van der Waals surface area contributed by atoms with Crippen LogP contribution in [0, 0.1) is 0 Å². The van der Waals surface area contributed by atoms with Crippen LogP contribution < -0.4 is 4.90 Å². The molecule has 7 nitrogen and oxygen atoms in total. The monoisotopic (exact) mass is 378 g/mol. The second-order valence-electron chi connectivity index (χ2n) is 7.07. The van der Waals surface area contributed by atoms with Gasteiger partial charge in [0, 0.05) is 12.7 Å². The van der Waals surface area contributed by atoms with E-state index >= 15 is 0 Å². The first kappa shape index (κ1) is 17.7. The van der Waals surface area contributed by atoms with Gasteiger partial charge in [-0.2, -0.15) is 17.7 Å². The Morgan fingerprint density at radius 1 is 1.26 bits per heavy atom. The largest absolute Gasteiger partial charge is 0.416 e. The van der Waals surface area contributed by atoms with Crippen LogP contribution in [0.1, 0.15) is 31.1 Å². The zero-order chi connectivity index (χ0) is 19.2. The predicted molar refractivity (Wildman–Crippen MR) is 90.1 cm³/mol. The third kappa shape index (κ3) is 3.44. The highest BCUT2D eigenvalue weighted by atomic mass is 19.4. The SMILES string of the molecule is CC1(C)CN(c2nccn3nnnc23)CC(c2cccc(C(F)(F)F)c2)O1. The maximum Gasteiger partial charge on any atom is 0.416 e. The van der Waals surface area contributed by atoms with E-state index in [-0.39, 0.29) is 0 Å². The molecule has 1 aliphatic rings. The number of hydrogen-bond donors (Lipinski definition) is 0. The molecular weight excluding hydrogens is 361 g/mol. The fourth-order valence-corrected chi connectivity index (χ4v) is 3.32. The highest BCUT2D eigenvalue weighted by Crippen LogP contribution is 2.36. The average Bonchev–Trinajstić information content (AvgIpc) is 3.08. The molecule has 0 spiro atoms. The van der Waals surface area contributed by atoms with Gasteiger partial charge in [0.25, 0.3) is 0 Å². The van der Waals surface area contributed by atoms with Crippen LogP contribution in [0.15, 0.2) is 36.7 Å². The van der Waals surface area contributed by atoms with Gasteiger partial charge in [0.1, 0.15) is 6.10 Å². The quantitative estimate of drug-likeness (QED) is 0.683. The zero-order valence-electron chi connectivity index (χ0n) is 14.7. The van der Waals surface area contributed by atoms with Crippen LogP contribution >= 0.6 is 0 Å². The van der Waals surface area contributed by atoms with Gasteiger partial charge < -0.3 is 9.64 Å². The first-order valence-electron chi connectivity index (χ1n) is 8.36. The Labute approximate surface area is 152 Å². The molecular formula is C17H17F3N6O. The van der Waals surface area contributed by atoms with Crippen LogP contribution in [-0.4, -0.2) is 43.7 Å². The molecule has 1 unspecified atom stereocenters. The molecule has 27 heavy (non-hydrogen) atoms. The minimum atomic E-state index is -4.40. The fraction of sp³-hybridized carbons (Fsp3) is 0.412. The van der Waals surface area contributed by atoms with Gasteiger partial charge in [0.05, 0.1) is 23.9 Å². The number of tetrazole rings is 1. The van der Waals surface area contributed by atoms with Crippen molar-refractivity contribution in [1.82, 2.24) is 25.0 Å². The predicted octanol–water partition coefficient (Wildman–Crippen LogP) is 2.89. The highest BCUT2D eigenvalue weighted by Gasteiger charge is 2.37. The first-order chi connectivity index (χ1) is 12.7. The third-order valence-electron chi connectivity index (χ3n) is 4.40. The maximum absolute atomic E-state index is 13.1. The van der Waals surface area contributed by atoms with Crippen molar-refractivity contribution < 1.29 is 17.9 Å². The van der Waals surface area contributed by atoms with E-state index in [1.54, 1.807) is 18.5 Å². The molecule has 0 radical (unpaired) electrons. The highest BCUT2D eigenvalue weighted by molar-refractivity contribution is 5.63. The molecule has 0 bridgehead atoms. The van der Waals surface area contributed by atoms with E-state index in [1.165, 1.54) is 10.6 Å². The van der Waals surface area contributed by atoms with Crippen LogP contribution in [0.3, 0.4) is 0 Å². The smallest absolute Gasteiger partial charge is 0.364 e. The minimum absolute atomic E-state index is 0.338. The summed E-state index contributed by atoms with van der Waals surface area (Å²) in [5.74, 6) is 0.566. The molecule has 1 aromatic carbocycles. The number of fused-ring (bicyclic) bond motifs is 1. The average molecular weight is 378 g/mol. The van der Waals surface area contributed by atoms with Crippen LogP contribution in [0.5, 0.6) is 0 Å². The number of aromatic nitrogens is 5. The van der Waals surface area contributed by atoms with Gasteiger partial charge in [0.15, 0.2) is 5.82 Å². The summed E-state index contributed by atoms with van der Waals surface area (Å²) in [6.45, 7) is 4.62. The van der Waals surface area contributed by atoms with E-state index in [9.17, 15) is 13.2 Å². The molecule has 0 aliphatic carbocycles. The lowest BCUT2D eigenvalue weighted by Gasteiger charge is -2.43. The number of anilines is 1. The molecule has 10 heteroatoms. The minimum Gasteiger partial charge on any atom is -0.364 e. The van der Waals surface area contributed by atoms with E-state index in [2.05, 4.69) is 20.5 Å². The van der Waals surface area contributed by atoms with Crippen molar-refractivity contribution in [3.05, 3.63) is 47.8 Å². The Morgan fingerprint density at radius 3 is 2.85 bits per heavy atom. The van der Waals surface area contributed by atoms with Crippen molar-refractivity contribution in [3.8, 4) is 0 Å². The topological polar surface area (TPSA) is 68.4 Å². The molecule has 0 saturated carbocycles. The Hall–Kier alpha value is -2.75. The second kappa shape index (κ2) is 6.15. The molecule has 1 saturated heterocycles. The van der Waals surface area contributed by atoms with Crippen LogP contribution in [-0.2, 0) is 10.9 Å². The first-order valence-corrected chi connectivity index (χ1v) is 8.36. The van der Waals surface area contributed by atoms with Gasteiger partial charge in [-0.15, -0.1) is 5.10 Å². The summed E-state index contributed by atoms with van der Waals surface area (Å²) in [6, 6.07) is 5.23. The van der Waals surface area contributed by atoms with Crippen LogP contribution in [0.4, 0.5) is 19.0 Å². The normalized spacial score (nSPS) is 20.2. The molecule has 1 fully saturated rings. The Kier molecular flexibility index (Phi) is 4.02.